The maximum absolute atomic E-state index is 12.2. The molecule has 1 amide bonds. The summed E-state index contributed by atoms with van der Waals surface area (Å²) < 4.78 is 11.9. The molecule has 0 aromatic heterocycles. The van der Waals surface area contributed by atoms with Crippen molar-refractivity contribution in [2.45, 2.75) is 43.8 Å². The number of carbonyl (C=O) groups is 1. The summed E-state index contributed by atoms with van der Waals surface area (Å²) in [6, 6.07) is -0.455. The highest BCUT2D eigenvalue weighted by Crippen LogP contribution is 2.42. The van der Waals surface area contributed by atoms with E-state index in [9.17, 15) is 9.90 Å². The minimum absolute atomic E-state index is 0.157. The third kappa shape index (κ3) is 2.57. The number of rotatable bonds is 5. The van der Waals surface area contributed by atoms with Gasteiger partial charge in [-0.2, -0.15) is 0 Å². The topological polar surface area (TPSA) is 59.0 Å². The van der Waals surface area contributed by atoms with E-state index in [1.807, 2.05) is 13.8 Å². The smallest absolute Gasteiger partial charge is 0.257 e. The molecule has 112 valence electrons. The zero-order valence-electron chi connectivity index (χ0n) is 11.8. The van der Waals surface area contributed by atoms with Crippen LogP contribution in [0.2, 0.25) is 0 Å². The predicted octanol–water partition coefficient (Wildman–Crippen LogP) is 1.56. The number of halogens is 1. The zero-order chi connectivity index (χ0) is 15.1. The Balaban J connectivity index is 2.22. The number of hydrogen-bond donors (Lipinski definition) is 1. The van der Waals surface area contributed by atoms with Crippen molar-refractivity contribution in [1.82, 2.24) is 4.90 Å². The molecule has 3 atom stereocenters. The van der Waals surface area contributed by atoms with Gasteiger partial charge in [0.15, 0.2) is 11.4 Å². The molecule has 2 saturated heterocycles. The Morgan fingerprint density at radius 2 is 2.30 bits per heavy atom. The molecule has 20 heavy (non-hydrogen) atoms. The first-order valence-electron chi connectivity index (χ1n) is 6.50. The largest absolute Gasteiger partial charge is 0.377 e. The van der Waals surface area contributed by atoms with Crippen molar-refractivity contribution in [2.75, 3.05) is 13.2 Å². The second-order valence-electron chi connectivity index (χ2n) is 5.68. The molecule has 2 fully saturated rings. The fourth-order valence-corrected chi connectivity index (χ4v) is 3.31. The lowest BCUT2D eigenvalue weighted by molar-refractivity contribution is -0.213. The Morgan fingerprint density at radius 3 is 2.75 bits per heavy atom. The molecule has 0 aliphatic carbocycles. The van der Waals surface area contributed by atoms with Gasteiger partial charge in [-0.15, -0.1) is 6.58 Å². The van der Waals surface area contributed by atoms with E-state index in [1.54, 1.807) is 11.0 Å². The summed E-state index contributed by atoms with van der Waals surface area (Å²) in [5.74, 6) is -1.02. The first-order chi connectivity index (χ1) is 9.21. The lowest BCUT2D eigenvalue weighted by Crippen LogP contribution is -2.77. The Hall–Kier alpha value is -0.690. The van der Waals surface area contributed by atoms with Crippen LogP contribution in [0.4, 0.5) is 0 Å². The van der Waals surface area contributed by atoms with E-state index in [0.717, 1.165) is 0 Å². The van der Waals surface area contributed by atoms with Gasteiger partial charge in [-0.3, -0.25) is 4.79 Å². The third-order valence-corrected chi connectivity index (χ3v) is 3.91. The number of β-lactam (4-membered cyclic amide) rings is 1. The van der Waals surface area contributed by atoms with Gasteiger partial charge < -0.3 is 19.5 Å². The van der Waals surface area contributed by atoms with E-state index >= 15 is 0 Å². The number of likely N-dealkylation sites (tertiary alicyclic amines) is 1. The van der Waals surface area contributed by atoms with Crippen LogP contribution >= 0.6 is 15.9 Å². The van der Waals surface area contributed by atoms with Gasteiger partial charge in [0, 0.05) is 13.0 Å². The molecule has 0 unspecified atom stereocenters. The lowest BCUT2D eigenvalue weighted by Gasteiger charge is -2.54. The molecule has 6 heteroatoms. The molecule has 2 aliphatic rings. The SMILES string of the molecule is C=CCN1C(=O)[C@@](O)(CC(=C)Br)[C@@H]1[C@H]1COC(C)(C)O1. The van der Waals surface area contributed by atoms with Gasteiger partial charge in [-0.25, -0.2) is 0 Å². The number of nitrogens with zero attached hydrogens (tertiary/aromatic N) is 1. The highest BCUT2D eigenvalue weighted by Gasteiger charge is 2.64. The Labute approximate surface area is 127 Å². The lowest BCUT2D eigenvalue weighted by atomic mass is 9.76. The molecule has 0 spiro atoms. The zero-order valence-corrected chi connectivity index (χ0v) is 13.4. The highest BCUT2D eigenvalue weighted by molar-refractivity contribution is 9.11. The first kappa shape index (κ1) is 15.7. The van der Waals surface area contributed by atoms with E-state index in [-0.39, 0.29) is 18.4 Å². The standard InChI is InChI=1S/C14H20BrNO4/c1-5-6-16-11(10-8-19-13(3,4)20-10)14(18,12(16)17)7-9(2)15/h5,10-11,18H,1-2,6-8H2,3-4H3/t10-,11+,14-/m1/s1. The van der Waals surface area contributed by atoms with E-state index in [1.165, 1.54) is 0 Å². The summed E-state index contributed by atoms with van der Waals surface area (Å²) >= 11 is 3.21. The molecule has 2 heterocycles. The van der Waals surface area contributed by atoms with Crippen LogP contribution in [-0.4, -0.2) is 52.6 Å². The van der Waals surface area contributed by atoms with Crippen LogP contribution in [0.5, 0.6) is 0 Å². The van der Waals surface area contributed by atoms with Crippen LogP contribution in [0.1, 0.15) is 20.3 Å². The van der Waals surface area contributed by atoms with Gasteiger partial charge in [0.05, 0.1) is 12.6 Å². The van der Waals surface area contributed by atoms with E-state index in [4.69, 9.17) is 9.47 Å². The van der Waals surface area contributed by atoms with Gasteiger partial charge in [-0.05, 0) is 18.3 Å². The second-order valence-corrected chi connectivity index (χ2v) is 6.80. The molecular formula is C14H20BrNO4. The minimum Gasteiger partial charge on any atom is -0.377 e. The summed E-state index contributed by atoms with van der Waals surface area (Å²) in [5, 5.41) is 10.7. The van der Waals surface area contributed by atoms with Crippen molar-refractivity contribution in [2.24, 2.45) is 0 Å². The average molecular weight is 346 g/mol. The van der Waals surface area contributed by atoms with Crippen molar-refractivity contribution >= 4 is 21.8 Å². The Kier molecular flexibility index (Phi) is 4.12. The molecule has 0 aromatic carbocycles. The van der Waals surface area contributed by atoms with Crippen molar-refractivity contribution in [1.29, 1.82) is 0 Å². The number of hydrogen-bond acceptors (Lipinski definition) is 4. The number of aliphatic hydroxyl groups is 1. The summed E-state index contributed by atoms with van der Waals surface area (Å²) in [4.78, 5) is 13.8. The molecule has 2 aliphatic heterocycles. The molecule has 0 aromatic rings. The van der Waals surface area contributed by atoms with Crippen molar-refractivity contribution in [3.63, 3.8) is 0 Å². The summed E-state index contributed by atoms with van der Waals surface area (Å²) in [6.07, 6.45) is 1.43. The Morgan fingerprint density at radius 1 is 1.65 bits per heavy atom. The molecule has 5 nitrogen and oxygen atoms in total. The van der Waals surface area contributed by atoms with E-state index in [2.05, 4.69) is 29.1 Å². The third-order valence-electron chi connectivity index (χ3n) is 3.63. The molecule has 0 saturated carbocycles. The van der Waals surface area contributed by atoms with Crippen molar-refractivity contribution in [3.05, 3.63) is 23.7 Å². The van der Waals surface area contributed by atoms with Crippen molar-refractivity contribution < 1.29 is 19.4 Å². The maximum atomic E-state index is 12.2. The van der Waals surface area contributed by atoms with Gasteiger partial charge >= 0.3 is 0 Å². The molecule has 0 bridgehead atoms. The monoisotopic (exact) mass is 345 g/mol. The predicted molar refractivity (Wildman–Crippen MR) is 78.2 cm³/mol. The number of carbonyl (C=O) groups excluding carboxylic acids is 1. The average Bonchev–Trinajstić information content (AvgIpc) is 2.67. The molecular weight excluding hydrogens is 326 g/mol. The summed E-state index contributed by atoms with van der Waals surface area (Å²) in [5.41, 5.74) is -1.49. The first-order valence-corrected chi connectivity index (χ1v) is 7.30. The summed E-state index contributed by atoms with van der Waals surface area (Å²) in [7, 11) is 0. The van der Waals surface area contributed by atoms with E-state index < -0.39 is 17.4 Å². The maximum Gasteiger partial charge on any atom is 0.257 e. The van der Waals surface area contributed by atoms with Gasteiger partial charge in [-0.1, -0.05) is 28.6 Å². The fourth-order valence-electron chi connectivity index (χ4n) is 2.88. The molecule has 1 N–H and O–H groups in total. The molecule has 0 radical (unpaired) electrons. The van der Waals surface area contributed by atoms with Gasteiger partial charge in [0.1, 0.15) is 6.10 Å². The van der Waals surface area contributed by atoms with Crippen LogP contribution in [-0.2, 0) is 14.3 Å². The second kappa shape index (κ2) is 5.26. The quantitative estimate of drug-likeness (QED) is 0.606. The molecule has 2 rings (SSSR count). The fraction of sp³-hybridized carbons (Fsp3) is 0.643. The van der Waals surface area contributed by atoms with Crippen LogP contribution < -0.4 is 0 Å². The van der Waals surface area contributed by atoms with Gasteiger partial charge in [0.2, 0.25) is 0 Å². The van der Waals surface area contributed by atoms with E-state index in [0.29, 0.717) is 17.6 Å². The van der Waals surface area contributed by atoms with Gasteiger partial charge in [0.25, 0.3) is 5.91 Å². The normalized spacial score (nSPS) is 35.8. The minimum atomic E-state index is -1.49. The Bertz CT molecular complexity index is 450. The van der Waals surface area contributed by atoms with Crippen molar-refractivity contribution in [3.8, 4) is 0 Å². The highest BCUT2D eigenvalue weighted by atomic mass is 79.9. The van der Waals surface area contributed by atoms with Crippen LogP contribution in [0, 0.1) is 0 Å². The number of amides is 1. The van der Waals surface area contributed by atoms with Crippen LogP contribution in [0.3, 0.4) is 0 Å². The van der Waals surface area contributed by atoms with Crippen LogP contribution in [0.25, 0.3) is 0 Å². The van der Waals surface area contributed by atoms with Crippen LogP contribution in [0.15, 0.2) is 23.7 Å². The summed E-state index contributed by atoms with van der Waals surface area (Å²) in [6.45, 7) is 11.7. The number of ether oxygens (including phenoxy) is 2.